The minimum absolute atomic E-state index is 0.190. The third-order valence-corrected chi connectivity index (χ3v) is 5.43. The predicted octanol–water partition coefficient (Wildman–Crippen LogP) is 5.71. The summed E-state index contributed by atoms with van der Waals surface area (Å²) in [5.74, 6) is 0.901. The summed E-state index contributed by atoms with van der Waals surface area (Å²) < 4.78 is 18.4. The minimum atomic E-state index is -0.298. The topological polar surface area (TPSA) is 38.3 Å². The van der Waals surface area contributed by atoms with Crippen LogP contribution < -0.4 is 10.1 Å². The normalized spacial score (nSPS) is 10.5. The number of methoxy groups -OCH3 is 1. The molecule has 3 aromatic rings. The average Bonchev–Trinajstić information content (AvgIpc) is 2.72. The second kappa shape index (κ2) is 9.62. The lowest BCUT2D eigenvalue weighted by molar-refractivity contribution is 0.0951. The zero-order chi connectivity index (χ0) is 19.9. The molecule has 0 aliphatic heterocycles. The Morgan fingerprint density at radius 3 is 2.46 bits per heavy atom. The van der Waals surface area contributed by atoms with Gasteiger partial charge in [-0.3, -0.25) is 4.79 Å². The molecule has 1 amide bonds. The van der Waals surface area contributed by atoms with Gasteiger partial charge in [0.15, 0.2) is 0 Å². The Hall–Kier alpha value is -2.50. The van der Waals surface area contributed by atoms with Crippen LogP contribution in [0.3, 0.4) is 0 Å². The van der Waals surface area contributed by atoms with E-state index in [1.54, 1.807) is 43.1 Å². The molecular formula is C22H19ClFNO2S. The van der Waals surface area contributed by atoms with E-state index in [-0.39, 0.29) is 11.7 Å². The Morgan fingerprint density at radius 1 is 1.07 bits per heavy atom. The maximum absolute atomic E-state index is 13.0. The first-order valence-corrected chi connectivity index (χ1v) is 9.99. The third-order valence-electron chi connectivity index (χ3n) is 4.12. The molecule has 0 unspecified atom stereocenters. The van der Waals surface area contributed by atoms with Gasteiger partial charge in [-0.1, -0.05) is 23.7 Å². The van der Waals surface area contributed by atoms with Crippen LogP contribution >= 0.6 is 23.4 Å². The van der Waals surface area contributed by atoms with Crippen molar-refractivity contribution in [3.8, 4) is 5.75 Å². The quantitative estimate of drug-likeness (QED) is 0.502. The van der Waals surface area contributed by atoms with Gasteiger partial charge in [-0.2, -0.15) is 0 Å². The summed E-state index contributed by atoms with van der Waals surface area (Å²) in [6.45, 7) is 0.333. The fourth-order valence-electron chi connectivity index (χ4n) is 2.61. The molecule has 0 saturated heterocycles. The summed E-state index contributed by atoms with van der Waals surface area (Å²) >= 11 is 7.56. The average molecular weight is 416 g/mol. The lowest BCUT2D eigenvalue weighted by Crippen LogP contribution is -2.22. The van der Waals surface area contributed by atoms with E-state index in [1.165, 1.54) is 12.1 Å². The van der Waals surface area contributed by atoms with Crippen molar-refractivity contribution in [3.63, 3.8) is 0 Å². The summed E-state index contributed by atoms with van der Waals surface area (Å²) in [6, 6.07) is 19.0. The number of benzene rings is 3. The van der Waals surface area contributed by atoms with Crippen molar-refractivity contribution in [2.24, 2.45) is 0 Å². The molecule has 0 radical (unpaired) electrons. The maximum atomic E-state index is 13.0. The molecule has 0 heterocycles. The molecule has 28 heavy (non-hydrogen) atoms. The minimum Gasteiger partial charge on any atom is -0.496 e. The van der Waals surface area contributed by atoms with Crippen LogP contribution in [0.25, 0.3) is 0 Å². The molecule has 0 bridgehead atoms. The van der Waals surface area contributed by atoms with Gasteiger partial charge in [0.2, 0.25) is 0 Å². The van der Waals surface area contributed by atoms with Gasteiger partial charge in [-0.05, 0) is 60.2 Å². The number of halogens is 2. The zero-order valence-electron chi connectivity index (χ0n) is 15.2. The maximum Gasteiger partial charge on any atom is 0.251 e. The molecule has 144 valence electrons. The van der Waals surface area contributed by atoms with E-state index in [1.807, 2.05) is 30.3 Å². The second-order valence-electron chi connectivity index (χ2n) is 6.08. The SMILES string of the molecule is COc1ccc(C(=O)NCc2ccc(F)cc2)cc1CSc1ccc(Cl)cc1. The fourth-order valence-corrected chi connectivity index (χ4v) is 3.61. The summed E-state index contributed by atoms with van der Waals surface area (Å²) in [5.41, 5.74) is 2.31. The molecular weight excluding hydrogens is 397 g/mol. The Balaban J connectivity index is 1.67. The van der Waals surface area contributed by atoms with Crippen molar-refractivity contribution in [2.45, 2.75) is 17.2 Å². The number of amides is 1. The number of nitrogens with one attached hydrogen (secondary N) is 1. The van der Waals surface area contributed by atoms with Crippen LogP contribution in [-0.2, 0) is 12.3 Å². The van der Waals surface area contributed by atoms with E-state index >= 15 is 0 Å². The van der Waals surface area contributed by atoms with E-state index in [2.05, 4.69) is 5.32 Å². The summed E-state index contributed by atoms with van der Waals surface area (Å²) in [6.07, 6.45) is 0. The van der Waals surface area contributed by atoms with Crippen LogP contribution in [-0.4, -0.2) is 13.0 Å². The van der Waals surface area contributed by atoms with Gasteiger partial charge < -0.3 is 10.1 Å². The summed E-state index contributed by atoms with van der Waals surface area (Å²) in [7, 11) is 1.61. The van der Waals surface area contributed by atoms with Crippen molar-refractivity contribution in [2.75, 3.05) is 7.11 Å². The number of carbonyl (C=O) groups excluding carboxylic acids is 1. The highest BCUT2D eigenvalue weighted by Gasteiger charge is 2.11. The monoisotopic (exact) mass is 415 g/mol. The molecule has 0 spiro atoms. The van der Waals surface area contributed by atoms with Gasteiger partial charge in [-0.15, -0.1) is 11.8 Å². The molecule has 3 aromatic carbocycles. The van der Waals surface area contributed by atoms with Crippen molar-refractivity contribution >= 4 is 29.3 Å². The number of thioether (sulfide) groups is 1. The van der Waals surface area contributed by atoms with Gasteiger partial charge in [-0.25, -0.2) is 4.39 Å². The Morgan fingerprint density at radius 2 is 1.79 bits per heavy atom. The molecule has 0 aliphatic rings. The first kappa shape index (κ1) is 20.2. The van der Waals surface area contributed by atoms with E-state index in [9.17, 15) is 9.18 Å². The van der Waals surface area contributed by atoms with E-state index in [0.717, 1.165) is 21.8 Å². The highest BCUT2D eigenvalue weighted by molar-refractivity contribution is 7.98. The number of carbonyl (C=O) groups is 1. The van der Waals surface area contributed by atoms with E-state index in [0.29, 0.717) is 22.9 Å². The number of hydrogen-bond acceptors (Lipinski definition) is 3. The molecule has 0 aromatic heterocycles. The van der Waals surface area contributed by atoms with Gasteiger partial charge in [0.05, 0.1) is 7.11 Å². The second-order valence-corrected chi connectivity index (χ2v) is 7.56. The van der Waals surface area contributed by atoms with Crippen LogP contribution in [0.1, 0.15) is 21.5 Å². The third kappa shape index (κ3) is 5.50. The van der Waals surface area contributed by atoms with E-state index in [4.69, 9.17) is 16.3 Å². The largest absolute Gasteiger partial charge is 0.496 e. The standard InChI is InChI=1S/C22H19ClFNO2S/c1-27-21-11-4-16(22(26)25-13-15-2-7-19(24)8-3-15)12-17(21)14-28-20-9-5-18(23)6-10-20/h2-12H,13-14H2,1H3,(H,25,26). The summed E-state index contributed by atoms with van der Waals surface area (Å²) in [5, 5.41) is 3.55. The van der Waals surface area contributed by atoms with Crippen LogP contribution in [0.4, 0.5) is 4.39 Å². The fraction of sp³-hybridized carbons (Fsp3) is 0.136. The van der Waals surface area contributed by atoms with Gasteiger partial charge in [0, 0.05) is 33.3 Å². The highest BCUT2D eigenvalue weighted by atomic mass is 35.5. The van der Waals surface area contributed by atoms with Crippen molar-refractivity contribution in [1.82, 2.24) is 5.32 Å². The van der Waals surface area contributed by atoms with Crippen LogP contribution in [0.2, 0.25) is 5.02 Å². The lowest BCUT2D eigenvalue weighted by Gasteiger charge is -2.11. The predicted molar refractivity (Wildman–Crippen MR) is 112 cm³/mol. The summed E-state index contributed by atoms with van der Waals surface area (Å²) in [4.78, 5) is 13.6. The Bertz CT molecular complexity index is 946. The molecule has 0 atom stereocenters. The molecule has 6 heteroatoms. The van der Waals surface area contributed by atoms with Crippen molar-refractivity contribution in [1.29, 1.82) is 0 Å². The van der Waals surface area contributed by atoms with Gasteiger partial charge in [0.1, 0.15) is 11.6 Å². The highest BCUT2D eigenvalue weighted by Crippen LogP contribution is 2.29. The number of hydrogen-bond donors (Lipinski definition) is 1. The van der Waals surface area contributed by atoms with Crippen LogP contribution in [0.5, 0.6) is 5.75 Å². The molecule has 3 nitrogen and oxygen atoms in total. The molecule has 3 rings (SSSR count). The van der Waals surface area contributed by atoms with Gasteiger partial charge >= 0.3 is 0 Å². The van der Waals surface area contributed by atoms with Crippen molar-refractivity contribution in [3.05, 3.63) is 94.3 Å². The van der Waals surface area contributed by atoms with Crippen LogP contribution in [0, 0.1) is 5.82 Å². The number of rotatable bonds is 7. The first-order chi connectivity index (χ1) is 13.5. The Kier molecular flexibility index (Phi) is 6.95. The molecule has 1 N–H and O–H groups in total. The molecule has 0 fully saturated rings. The van der Waals surface area contributed by atoms with E-state index < -0.39 is 0 Å². The smallest absolute Gasteiger partial charge is 0.251 e. The molecule has 0 aliphatic carbocycles. The number of ether oxygens (including phenoxy) is 1. The van der Waals surface area contributed by atoms with Crippen LogP contribution in [0.15, 0.2) is 71.6 Å². The Labute approximate surface area is 172 Å². The zero-order valence-corrected chi connectivity index (χ0v) is 16.8. The van der Waals surface area contributed by atoms with Crippen molar-refractivity contribution < 1.29 is 13.9 Å². The lowest BCUT2D eigenvalue weighted by atomic mass is 10.1. The van der Waals surface area contributed by atoms with Gasteiger partial charge in [0.25, 0.3) is 5.91 Å². The first-order valence-electron chi connectivity index (χ1n) is 8.63. The molecule has 0 saturated carbocycles.